The number of anilines is 1. The van der Waals surface area contributed by atoms with Crippen LogP contribution < -0.4 is 4.90 Å². The highest BCUT2D eigenvalue weighted by atomic mass is 79.9. The van der Waals surface area contributed by atoms with E-state index in [2.05, 4.69) is 64.3 Å². The molecule has 0 unspecified atom stereocenters. The summed E-state index contributed by atoms with van der Waals surface area (Å²) in [5.74, 6) is 0. The molecule has 0 fully saturated rings. The highest BCUT2D eigenvalue weighted by molar-refractivity contribution is 9.08. The molecule has 0 saturated carbocycles. The number of nitrogens with zero attached hydrogens (tertiary/aromatic N) is 1. The third-order valence-electron chi connectivity index (χ3n) is 3.16. The SMILES string of the molecule is CN(CCc1ccccc1)c1ccc(CBr)cc1Cl. The van der Waals surface area contributed by atoms with Crippen LogP contribution in [0.25, 0.3) is 0 Å². The maximum atomic E-state index is 6.32. The summed E-state index contributed by atoms with van der Waals surface area (Å²) in [5, 5.41) is 1.65. The van der Waals surface area contributed by atoms with Gasteiger partial charge < -0.3 is 4.90 Å². The molecular weight excluding hydrogens is 322 g/mol. The lowest BCUT2D eigenvalue weighted by molar-refractivity contribution is 0.876. The van der Waals surface area contributed by atoms with Gasteiger partial charge in [0.2, 0.25) is 0 Å². The molecule has 100 valence electrons. The van der Waals surface area contributed by atoms with Crippen LogP contribution in [-0.2, 0) is 11.8 Å². The minimum absolute atomic E-state index is 0.813. The van der Waals surface area contributed by atoms with Crippen molar-refractivity contribution in [2.75, 3.05) is 18.5 Å². The van der Waals surface area contributed by atoms with Crippen LogP contribution in [0.4, 0.5) is 5.69 Å². The van der Waals surface area contributed by atoms with Gasteiger partial charge in [-0.05, 0) is 29.7 Å². The molecular formula is C16H17BrClN. The zero-order valence-corrected chi connectivity index (χ0v) is 13.3. The Morgan fingerprint density at radius 2 is 1.79 bits per heavy atom. The molecule has 0 N–H and O–H groups in total. The van der Waals surface area contributed by atoms with Gasteiger partial charge in [0.15, 0.2) is 0 Å². The Morgan fingerprint density at radius 1 is 1.05 bits per heavy atom. The van der Waals surface area contributed by atoms with E-state index in [9.17, 15) is 0 Å². The van der Waals surface area contributed by atoms with Gasteiger partial charge in [0.05, 0.1) is 10.7 Å². The second-order valence-electron chi connectivity index (χ2n) is 4.58. The first kappa shape index (κ1) is 14.4. The van der Waals surface area contributed by atoms with E-state index < -0.39 is 0 Å². The number of hydrogen-bond acceptors (Lipinski definition) is 1. The number of halogens is 2. The van der Waals surface area contributed by atoms with Crippen molar-refractivity contribution in [1.82, 2.24) is 0 Å². The van der Waals surface area contributed by atoms with Crippen LogP contribution in [0.5, 0.6) is 0 Å². The zero-order valence-electron chi connectivity index (χ0n) is 10.9. The van der Waals surface area contributed by atoms with Crippen molar-refractivity contribution in [2.24, 2.45) is 0 Å². The summed E-state index contributed by atoms with van der Waals surface area (Å²) in [7, 11) is 2.08. The van der Waals surface area contributed by atoms with Crippen molar-refractivity contribution in [3.63, 3.8) is 0 Å². The van der Waals surface area contributed by atoms with Crippen LogP contribution in [0.1, 0.15) is 11.1 Å². The van der Waals surface area contributed by atoms with Gasteiger partial charge >= 0.3 is 0 Å². The molecule has 19 heavy (non-hydrogen) atoms. The number of rotatable bonds is 5. The molecule has 0 aliphatic carbocycles. The van der Waals surface area contributed by atoms with E-state index in [1.165, 1.54) is 11.1 Å². The summed E-state index contributed by atoms with van der Waals surface area (Å²) in [6, 6.07) is 16.7. The predicted molar refractivity (Wildman–Crippen MR) is 87.5 cm³/mol. The van der Waals surface area contributed by atoms with E-state index >= 15 is 0 Å². The summed E-state index contributed by atoms with van der Waals surface area (Å²) >= 11 is 9.76. The van der Waals surface area contributed by atoms with Gasteiger partial charge in [0, 0.05) is 18.9 Å². The maximum absolute atomic E-state index is 6.32. The molecule has 0 spiro atoms. The van der Waals surface area contributed by atoms with E-state index in [1.807, 2.05) is 12.1 Å². The molecule has 0 aromatic heterocycles. The fourth-order valence-electron chi connectivity index (χ4n) is 2.01. The van der Waals surface area contributed by atoms with Gasteiger partial charge in [-0.1, -0.05) is 63.9 Å². The topological polar surface area (TPSA) is 3.24 Å². The first-order valence-corrected chi connectivity index (χ1v) is 7.80. The molecule has 0 aliphatic heterocycles. The smallest absolute Gasteiger partial charge is 0.0642 e. The van der Waals surface area contributed by atoms with Gasteiger partial charge in [-0.15, -0.1) is 0 Å². The van der Waals surface area contributed by atoms with Gasteiger partial charge in [-0.3, -0.25) is 0 Å². The minimum atomic E-state index is 0.813. The third-order valence-corrected chi connectivity index (χ3v) is 4.11. The van der Waals surface area contributed by atoms with E-state index in [0.29, 0.717) is 0 Å². The Balaban J connectivity index is 2.02. The lowest BCUT2D eigenvalue weighted by Gasteiger charge is -2.21. The van der Waals surface area contributed by atoms with Crippen molar-refractivity contribution < 1.29 is 0 Å². The van der Waals surface area contributed by atoms with Crippen LogP contribution in [0.15, 0.2) is 48.5 Å². The van der Waals surface area contributed by atoms with Crippen molar-refractivity contribution >= 4 is 33.2 Å². The molecule has 3 heteroatoms. The molecule has 0 amide bonds. The van der Waals surface area contributed by atoms with Crippen LogP contribution >= 0.6 is 27.5 Å². The highest BCUT2D eigenvalue weighted by Crippen LogP contribution is 2.27. The van der Waals surface area contributed by atoms with Gasteiger partial charge in [-0.2, -0.15) is 0 Å². The lowest BCUT2D eigenvalue weighted by atomic mass is 10.1. The molecule has 0 saturated heterocycles. The molecule has 2 aromatic carbocycles. The van der Waals surface area contributed by atoms with Gasteiger partial charge in [0.1, 0.15) is 0 Å². The van der Waals surface area contributed by atoms with Crippen LogP contribution in [0.2, 0.25) is 5.02 Å². The monoisotopic (exact) mass is 337 g/mol. The fourth-order valence-corrected chi connectivity index (χ4v) is 2.70. The molecule has 0 radical (unpaired) electrons. The van der Waals surface area contributed by atoms with Crippen molar-refractivity contribution in [3.05, 3.63) is 64.7 Å². The van der Waals surface area contributed by atoms with E-state index in [1.54, 1.807) is 0 Å². The number of alkyl halides is 1. The van der Waals surface area contributed by atoms with E-state index in [4.69, 9.17) is 11.6 Å². The summed E-state index contributed by atoms with van der Waals surface area (Å²) in [4.78, 5) is 2.20. The summed E-state index contributed by atoms with van der Waals surface area (Å²) < 4.78 is 0. The molecule has 0 aliphatic rings. The Morgan fingerprint density at radius 3 is 2.42 bits per heavy atom. The summed E-state index contributed by atoms with van der Waals surface area (Å²) in [6.07, 6.45) is 1.02. The quantitative estimate of drug-likeness (QED) is 0.700. The first-order chi connectivity index (χ1) is 9.20. The highest BCUT2D eigenvalue weighted by Gasteiger charge is 2.06. The van der Waals surface area contributed by atoms with Gasteiger partial charge in [0.25, 0.3) is 0 Å². The number of likely N-dealkylation sites (N-methyl/N-ethyl adjacent to an activating group) is 1. The van der Waals surface area contributed by atoms with E-state index in [0.717, 1.165) is 29.0 Å². The average Bonchev–Trinajstić information content (AvgIpc) is 2.45. The Kier molecular flexibility index (Phi) is 5.29. The number of hydrogen-bond donors (Lipinski definition) is 0. The lowest BCUT2D eigenvalue weighted by Crippen LogP contribution is -2.20. The Hall–Kier alpha value is -0.990. The largest absolute Gasteiger partial charge is 0.373 e. The first-order valence-electron chi connectivity index (χ1n) is 6.30. The molecule has 0 heterocycles. The second kappa shape index (κ2) is 6.97. The standard InChI is InChI=1S/C16H17BrClN/c1-19(10-9-13-5-3-2-4-6-13)16-8-7-14(12-17)11-15(16)18/h2-8,11H,9-10,12H2,1H3. The van der Waals surface area contributed by atoms with Gasteiger partial charge in [-0.25, -0.2) is 0 Å². The normalized spacial score (nSPS) is 10.5. The summed E-state index contributed by atoms with van der Waals surface area (Å²) in [5.41, 5.74) is 3.63. The number of benzene rings is 2. The molecule has 0 atom stereocenters. The minimum Gasteiger partial charge on any atom is -0.373 e. The third kappa shape index (κ3) is 3.99. The molecule has 2 aromatic rings. The van der Waals surface area contributed by atoms with Crippen molar-refractivity contribution in [3.8, 4) is 0 Å². The molecule has 0 bridgehead atoms. The van der Waals surface area contributed by atoms with E-state index in [-0.39, 0.29) is 0 Å². The predicted octanol–water partition coefficient (Wildman–Crippen LogP) is 4.91. The van der Waals surface area contributed by atoms with Crippen molar-refractivity contribution in [2.45, 2.75) is 11.8 Å². The fraction of sp³-hybridized carbons (Fsp3) is 0.250. The van der Waals surface area contributed by atoms with Crippen LogP contribution in [-0.4, -0.2) is 13.6 Å². The molecule has 2 rings (SSSR count). The Labute approximate surface area is 128 Å². The molecule has 1 nitrogen and oxygen atoms in total. The Bertz CT molecular complexity index is 528. The zero-order chi connectivity index (χ0) is 13.7. The summed E-state index contributed by atoms with van der Waals surface area (Å²) in [6.45, 7) is 0.956. The maximum Gasteiger partial charge on any atom is 0.0642 e. The average molecular weight is 339 g/mol. The van der Waals surface area contributed by atoms with Crippen molar-refractivity contribution in [1.29, 1.82) is 0 Å². The second-order valence-corrected chi connectivity index (χ2v) is 5.54. The van der Waals surface area contributed by atoms with Crippen LogP contribution in [0, 0.1) is 0 Å². The van der Waals surface area contributed by atoms with Crippen LogP contribution in [0.3, 0.4) is 0 Å².